The van der Waals surface area contributed by atoms with Gasteiger partial charge in [0.15, 0.2) is 0 Å². The van der Waals surface area contributed by atoms with Gasteiger partial charge in [-0.3, -0.25) is 0 Å². The lowest BCUT2D eigenvalue weighted by atomic mass is 10.6. The first-order valence-electron chi connectivity index (χ1n) is 1.64. The normalized spacial score (nSPS) is 49.2. The Hall–Kier alpha value is 0.310. The monoisotopic (exact) mass is 90.0 g/mol. The summed E-state index contributed by atoms with van der Waals surface area (Å²) < 4.78 is 4.78. The van der Waals surface area contributed by atoms with Gasteiger partial charge < -0.3 is 4.74 Å². The molecule has 30 valence electrons. The highest BCUT2D eigenvalue weighted by Gasteiger charge is 2.29. The van der Waals surface area contributed by atoms with Crippen LogP contribution in [-0.2, 0) is 4.74 Å². The molecular weight excluding hydrogens is 84.1 g/mol. The van der Waals surface area contributed by atoms with Crippen LogP contribution >= 0.6 is 12.6 Å². The molecule has 0 bridgehead atoms. The molecule has 1 fully saturated rings. The highest BCUT2D eigenvalue weighted by molar-refractivity contribution is 7.81. The van der Waals surface area contributed by atoms with Gasteiger partial charge in [-0.25, -0.2) is 0 Å². The zero-order valence-electron chi connectivity index (χ0n) is 3.01. The van der Waals surface area contributed by atoms with E-state index in [2.05, 4.69) is 12.6 Å². The standard InChI is InChI=1S/C3H6OS/c1-2-3(5)4-2/h2-3,5H,1H3. The summed E-state index contributed by atoms with van der Waals surface area (Å²) in [5.41, 5.74) is 0.245. The molecule has 1 aliphatic heterocycles. The van der Waals surface area contributed by atoms with Crippen molar-refractivity contribution in [1.29, 1.82) is 0 Å². The fraction of sp³-hybridized carbons (Fsp3) is 1.00. The van der Waals surface area contributed by atoms with Crippen molar-refractivity contribution >= 4 is 12.6 Å². The van der Waals surface area contributed by atoms with E-state index in [1.165, 1.54) is 0 Å². The number of epoxide rings is 1. The first-order chi connectivity index (χ1) is 2.30. The van der Waals surface area contributed by atoms with Crippen LogP contribution < -0.4 is 0 Å². The van der Waals surface area contributed by atoms with E-state index in [0.717, 1.165) is 0 Å². The molecule has 0 aromatic rings. The highest BCUT2D eigenvalue weighted by atomic mass is 32.1. The van der Waals surface area contributed by atoms with E-state index in [1.807, 2.05) is 6.92 Å². The molecule has 2 heteroatoms. The number of hydrogen-bond donors (Lipinski definition) is 1. The molecule has 0 aromatic heterocycles. The molecule has 0 spiro atoms. The quantitative estimate of drug-likeness (QED) is 0.340. The molecule has 0 amide bonds. The van der Waals surface area contributed by atoms with Crippen LogP contribution in [0, 0.1) is 0 Å². The van der Waals surface area contributed by atoms with Crippen molar-refractivity contribution in [3.63, 3.8) is 0 Å². The van der Waals surface area contributed by atoms with E-state index in [4.69, 9.17) is 4.74 Å². The minimum Gasteiger partial charge on any atom is -0.359 e. The Morgan fingerprint density at radius 2 is 2.00 bits per heavy atom. The average Bonchev–Trinajstić information content (AvgIpc) is 1.79. The van der Waals surface area contributed by atoms with Gasteiger partial charge in [0.25, 0.3) is 0 Å². The third-order valence-electron chi connectivity index (χ3n) is 0.679. The fourth-order valence-corrected chi connectivity index (χ4v) is 0.367. The van der Waals surface area contributed by atoms with Gasteiger partial charge in [0.1, 0.15) is 5.44 Å². The summed E-state index contributed by atoms with van der Waals surface area (Å²) in [6.07, 6.45) is 0.415. The van der Waals surface area contributed by atoms with E-state index in [9.17, 15) is 0 Å². The summed E-state index contributed by atoms with van der Waals surface area (Å²) in [5.74, 6) is 0. The number of rotatable bonds is 0. The second-order valence-electron chi connectivity index (χ2n) is 1.23. The lowest BCUT2D eigenvalue weighted by molar-refractivity contribution is 0.414. The number of ether oxygens (including phenoxy) is 1. The zero-order chi connectivity index (χ0) is 3.86. The summed E-state index contributed by atoms with van der Waals surface area (Å²) in [7, 11) is 0. The lowest BCUT2D eigenvalue weighted by Crippen LogP contribution is -1.69. The zero-order valence-corrected chi connectivity index (χ0v) is 3.90. The average molecular weight is 90.1 g/mol. The highest BCUT2D eigenvalue weighted by Crippen LogP contribution is 2.23. The molecule has 1 rings (SSSR count). The molecule has 0 saturated carbocycles. The summed E-state index contributed by atoms with van der Waals surface area (Å²) in [4.78, 5) is 0. The second kappa shape index (κ2) is 0.884. The molecule has 0 aromatic carbocycles. The SMILES string of the molecule is CC1OC1S. The van der Waals surface area contributed by atoms with Gasteiger partial charge in [-0.05, 0) is 6.92 Å². The molecular formula is C3H6OS. The molecule has 0 N–H and O–H groups in total. The number of thiol groups is 1. The van der Waals surface area contributed by atoms with Crippen molar-refractivity contribution in [2.45, 2.75) is 18.5 Å². The van der Waals surface area contributed by atoms with Crippen molar-refractivity contribution in [2.24, 2.45) is 0 Å². The summed E-state index contributed by atoms with van der Waals surface area (Å²) >= 11 is 3.95. The van der Waals surface area contributed by atoms with Crippen LogP contribution in [0.2, 0.25) is 0 Å². The first-order valence-corrected chi connectivity index (χ1v) is 2.16. The molecule has 5 heavy (non-hydrogen) atoms. The van der Waals surface area contributed by atoms with E-state index >= 15 is 0 Å². The topological polar surface area (TPSA) is 12.5 Å². The van der Waals surface area contributed by atoms with E-state index in [1.54, 1.807) is 0 Å². The van der Waals surface area contributed by atoms with Gasteiger partial charge in [0.05, 0.1) is 6.10 Å². The summed E-state index contributed by atoms with van der Waals surface area (Å²) in [5, 5.41) is 0. The fourth-order valence-electron chi connectivity index (χ4n) is 0.175. The van der Waals surface area contributed by atoms with E-state index in [-0.39, 0.29) is 5.44 Å². The maximum absolute atomic E-state index is 4.78. The van der Waals surface area contributed by atoms with Crippen LogP contribution in [-0.4, -0.2) is 11.5 Å². The Balaban J connectivity index is 2.20. The third-order valence-corrected chi connectivity index (χ3v) is 1.22. The summed E-state index contributed by atoms with van der Waals surface area (Å²) in [6, 6.07) is 0. The second-order valence-corrected chi connectivity index (χ2v) is 1.74. The maximum Gasteiger partial charge on any atom is 0.126 e. The predicted molar refractivity (Wildman–Crippen MR) is 23.3 cm³/mol. The Bertz CT molecular complexity index is 40.2. The van der Waals surface area contributed by atoms with Crippen molar-refractivity contribution < 1.29 is 4.74 Å². The van der Waals surface area contributed by atoms with Gasteiger partial charge in [-0.15, -0.1) is 12.6 Å². The van der Waals surface area contributed by atoms with Crippen molar-refractivity contribution in [1.82, 2.24) is 0 Å². The molecule has 0 aliphatic carbocycles. The van der Waals surface area contributed by atoms with Crippen LogP contribution in [0.1, 0.15) is 6.92 Å². The Morgan fingerprint density at radius 3 is 2.00 bits per heavy atom. The van der Waals surface area contributed by atoms with Crippen molar-refractivity contribution in [3.05, 3.63) is 0 Å². The lowest BCUT2D eigenvalue weighted by Gasteiger charge is -1.57. The van der Waals surface area contributed by atoms with E-state index in [0.29, 0.717) is 6.10 Å². The molecule has 1 nitrogen and oxygen atoms in total. The Kier molecular flexibility index (Phi) is 0.618. The van der Waals surface area contributed by atoms with Crippen LogP contribution in [0.5, 0.6) is 0 Å². The van der Waals surface area contributed by atoms with Crippen molar-refractivity contribution in [2.75, 3.05) is 0 Å². The van der Waals surface area contributed by atoms with Gasteiger partial charge in [-0.1, -0.05) is 0 Å². The van der Waals surface area contributed by atoms with Gasteiger partial charge in [0, 0.05) is 0 Å². The smallest absolute Gasteiger partial charge is 0.126 e. The Morgan fingerprint density at radius 1 is 1.80 bits per heavy atom. The van der Waals surface area contributed by atoms with E-state index < -0.39 is 0 Å². The van der Waals surface area contributed by atoms with Gasteiger partial charge >= 0.3 is 0 Å². The minimum atomic E-state index is 0.245. The van der Waals surface area contributed by atoms with Crippen LogP contribution in [0.4, 0.5) is 0 Å². The van der Waals surface area contributed by atoms with Crippen LogP contribution in [0.25, 0.3) is 0 Å². The van der Waals surface area contributed by atoms with Gasteiger partial charge in [0.2, 0.25) is 0 Å². The molecule has 2 unspecified atom stereocenters. The molecule has 1 saturated heterocycles. The largest absolute Gasteiger partial charge is 0.359 e. The molecule has 1 aliphatic rings. The number of hydrogen-bond acceptors (Lipinski definition) is 2. The molecule has 1 heterocycles. The van der Waals surface area contributed by atoms with Gasteiger partial charge in [-0.2, -0.15) is 0 Å². The third kappa shape index (κ3) is 0.578. The maximum atomic E-state index is 4.78. The Labute approximate surface area is 36.7 Å². The van der Waals surface area contributed by atoms with Crippen molar-refractivity contribution in [3.8, 4) is 0 Å². The van der Waals surface area contributed by atoms with Crippen LogP contribution in [0.3, 0.4) is 0 Å². The molecule has 0 radical (unpaired) electrons. The molecule has 2 atom stereocenters. The predicted octanol–water partition coefficient (Wildman–Crippen LogP) is 0.661. The first kappa shape index (κ1) is 3.50. The van der Waals surface area contributed by atoms with Crippen LogP contribution in [0.15, 0.2) is 0 Å². The minimum absolute atomic E-state index is 0.245. The summed E-state index contributed by atoms with van der Waals surface area (Å²) in [6.45, 7) is 2.00.